The molecule has 0 radical (unpaired) electrons. The monoisotopic (exact) mass is 1060 g/mol. The lowest BCUT2D eigenvalue weighted by Gasteiger charge is -2.49. The lowest BCUT2D eigenvalue weighted by atomic mass is 9.96. The highest BCUT2D eigenvalue weighted by atomic mass is 35.5. The summed E-state index contributed by atoms with van der Waals surface area (Å²) in [5, 5.41) is 80.5. The molecule has 0 aliphatic carbocycles. The van der Waals surface area contributed by atoms with Crippen LogP contribution in [0.4, 0.5) is 5.69 Å². The number of benzene rings is 5. The fourth-order valence-corrected chi connectivity index (χ4v) is 9.13. The molecule has 8 rings (SSSR count). The third-order valence-electron chi connectivity index (χ3n) is 13.0. The van der Waals surface area contributed by atoms with Crippen molar-refractivity contribution in [1.29, 1.82) is 0 Å². The van der Waals surface area contributed by atoms with Gasteiger partial charge in [0, 0.05) is 4.91 Å². The lowest BCUT2D eigenvalue weighted by Crippen LogP contribution is -2.66. The van der Waals surface area contributed by atoms with Crippen LogP contribution < -0.4 is 0 Å². The second-order valence-corrected chi connectivity index (χ2v) is 18.7. The van der Waals surface area contributed by atoms with Gasteiger partial charge in [-0.1, -0.05) is 144 Å². The van der Waals surface area contributed by atoms with E-state index in [0.717, 1.165) is 16.7 Å². The quantitative estimate of drug-likeness (QED) is 0.0252. The number of hydrogen-bond donors (Lipinski definition) is 7. The molecule has 3 aliphatic rings. The van der Waals surface area contributed by atoms with Gasteiger partial charge < -0.3 is 83.1 Å². The second-order valence-electron chi connectivity index (χ2n) is 18.3. The molecule has 3 saturated heterocycles. The van der Waals surface area contributed by atoms with Crippen molar-refractivity contribution in [3.05, 3.63) is 182 Å². The van der Waals surface area contributed by atoms with Gasteiger partial charge in [-0.05, 0) is 45.0 Å². The Morgan fingerprint density at radius 3 is 1.55 bits per heavy atom. The second kappa shape index (κ2) is 27.9. The molecule has 3 fully saturated rings. The van der Waals surface area contributed by atoms with Gasteiger partial charge in [-0.25, -0.2) is 0 Å². The predicted molar refractivity (Wildman–Crippen MR) is 266 cm³/mol. The zero-order valence-electron chi connectivity index (χ0n) is 40.7. The van der Waals surface area contributed by atoms with Gasteiger partial charge in [0.05, 0.1) is 70.2 Å². The SMILES string of the molecule is [N-]=[N+]=Nc1ccc(CO[C@@H]2[C@@H](O)[C@H](O[C@@H]3[C@@H](O)[C@H](OCc4ccc(CO)cc4)O[C@H](COCc4ccccc4)[C@H]3OCc3ccccc3)O[C@H](CO[C@@H]3O[C@H](CO)[C@@H](O)[C@H](O)[C@H]3O)[C@H]2OCc2ccccc2)cc1Cl. The van der Waals surface area contributed by atoms with Crippen molar-refractivity contribution >= 4 is 17.3 Å². The third kappa shape index (κ3) is 14.9. The van der Waals surface area contributed by atoms with Crippen LogP contribution in [-0.4, -0.2) is 148 Å². The van der Waals surface area contributed by atoms with Crippen molar-refractivity contribution in [2.45, 2.75) is 132 Å². The number of azide groups is 1. The molecule has 0 spiro atoms. The summed E-state index contributed by atoms with van der Waals surface area (Å²) in [6.07, 6.45) is -21.7. The highest BCUT2D eigenvalue weighted by molar-refractivity contribution is 6.33. The van der Waals surface area contributed by atoms with Crippen LogP contribution in [0.2, 0.25) is 5.02 Å². The molecular formula is C54H62ClN3O17. The summed E-state index contributed by atoms with van der Waals surface area (Å²) < 4.78 is 64.0. The summed E-state index contributed by atoms with van der Waals surface area (Å²) in [7, 11) is 0. The van der Waals surface area contributed by atoms with Crippen LogP contribution in [-0.2, 0) is 87.0 Å². The molecule has 0 saturated carbocycles. The number of halogens is 1. The van der Waals surface area contributed by atoms with Crippen molar-refractivity contribution in [3.63, 3.8) is 0 Å². The number of aliphatic hydroxyl groups excluding tert-OH is 7. The maximum atomic E-state index is 12.6. The first-order chi connectivity index (χ1) is 36.5. The van der Waals surface area contributed by atoms with E-state index in [0.29, 0.717) is 16.7 Å². The lowest BCUT2D eigenvalue weighted by molar-refractivity contribution is -0.375. The van der Waals surface area contributed by atoms with E-state index in [2.05, 4.69) is 10.0 Å². The minimum absolute atomic E-state index is 0.0172. The van der Waals surface area contributed by atoms with Crippen LogP contribution in [0.5, 0.6) is 0 Å². The molecule has 21 heteroatoms. The van der Waals surface area contributed by atoms with Gasteiger partial charge in [0.1, 0.15) is 73.2 Å². The van der Waals surface area contributed by atoms with Gasteiger partial charge in [-0.2, -0.15) is 0 Å². The van der Waals surface area contributed by atoms with Gasteiger partial charge in [0.15, 0.2) is 18.9 Å². The summed E-state index contributed by atoms with van der Waals surface area (Å²) in [5.74, 6) is 0. The van der Waals surface area contributed by atoms with E-state index in [4.69, 9.17) is 64.5 Å². The topological polar surface area (TPSA) is 283 Å². The molecule has 5 aromatic rings. The molecule has 0 unspecified atom stereocenters. The van der Waals surface area contributed by atoms with Crippen LogP contribution in [0.25, 0.3) is 10.4 Å². The van der Waals surface area contributed by atoms with Crippen molar-refractivity contribution in [2.75, 3.05) is 19.8 Å². The highest BCUT2D eigenvalue weighted by Crippen LogP contribution is 2.36. The normalized spacial score (nSPS) is 29.9. The van der Waals surface area contributed by atoms with E-state index in [1.165, 1.54) is 6.07 Å². The fourth-order valence-electron chi connectivity index (χ4n) is 8.89. The van der Waals surface area contributed by atoms with Gasteiger partial charge in [-0.3, -0.25) is 0 Å². The number of nitrogens with zero attached hydrogens (tertiary/aromatic N) is 3. The number of aliphatic hydroxyl groups is 7. The molecule has 75 heavy (non-hydrogen) atoms. The Labute approximate surface area is 438 Å². The Kier molecular flexibility index (Phi) is 20.9. The van der Waals surface area contributed by atoms with Crippen molar-refractivity contribution in [1.82, 2.24) is 0 Å². The molecule has 0 amide bonds. The summed E-state index contributed by atoms with van der Waals surface area (Å²) >= 11 is 6.47. The average Bonchev–Trinajstić information content (AvgIpc) is 3.44. The Balaban J connectivity index is 1.14. The number of hydrogen-bond acceptors (Lipinski definition) is 18. The smallest absolute Gasteiger partial charge is 0.187 e. The Morgan fingerprint density at radius 2 is 0.947 bits per heavy atom. The third-order valence-corrected chi connectivity index (χ3v) is 13.3. The molecule has 402 valence electrons. The van der Waals surface area contributed by atoms with Crippen LogP contribution in [0.3, 0.4) is 0 Å². The highest BCUT2D eigenvalue weighted by Gasteiger charge is 2.54. The number of rotatable bonds is 24. The molecule has 5 aromatic carbocycles. The van der Waals surface area contributed by atoms with E-state index < -0.39 is 105 Å². The van der Waals surface area contributed by atoms with Crippen molar-refractivity contribution in [2.24, 2.45) is 5.11 Å². The van der Waals surface area contributed by atoms with Gasteiger partial charge in [0.25, 0.3) is 0 Å². The standard InChI is InChI=1S/C54H62ClN3O17/c55-38-22-37(20-21-39(38)57-58-56)29-69-50-46(64)54(74-42(48(50)67-26-34-12-6-2-7-13-34)31-71-52-45(63)44(62)43(61)40(24-60)72-52)75-51-47(65)53(70-28-36-18-16-32(23-59)17-19-36)73-41(30-66-25-33-10-4-1-5-11-33)49(51)68-27-35-14-8-3-9-15-35/h1-22,40-54,59-65H,23-31H2/t40-,41-,42-,43-,44+,45-,46-,47-,48-,49-,50-,51-,52-,53-,54+/m1/s1. The summed E-state index contributed by atoms with van der Waals surface area (Å²) in [6.45, 7) is -1.42. The van der Waals surface area contributed by atoms with E-state index >= 15 is 0 Å². The van der Waals surface area contributed by atoms with Gasteiger partial charge in [0.2, 0.25) is 0 Å². The minimum Gasteiger partial charge on any atom is -0.394 e. The molecule has 15 atom stereocenters. The first-order valence-corrected chi connectivity index (χ1v) is 24.8. The molecule has 3 heterocycles. The van der Waals surface area contributed by atoms with Crippen LogP contribution in [0, 0.1) is 0 Å². The van der Waals surface area contributed by atoms with Crippen molar-refractivity contribution in [3.8, 4) is 0 Å². The van der Waals surface area contributed by atoms with Crippen LogP contribution in [0.15, 0.2) is 139 Å². The number of ether oxygens (including phenoxy) is 10. The molecular weight excluding hydrogens is 998 g/mol. The van der Waals surface area contributed by atoms with E-state index in [9.17, 15) is 35.7 Å². The summed E-state index contributed by atoms with van der Waals surface area (Å²) in [6, 6.07) is 39.7. The van der Waals surface area contributed by atoms with Crippen LogP contribution >= 0.6 is 11.6 Å². The van der Waals surface area contributed by atoms with E-state index in [1.807, 2.05) is 91.0 Å². The van der Waals surface area contributed by atoms with E-state index in [1.54, 1.807) is 36.4 Å². The minimum atomic E-state index is -1.77. The molecule has 20 nitrogen and oxygen atoms in total. The molecule has 3 aliphatic heterocycles. The molecule has 7 N–H and O–H groups in total. The fraction of sp³-hybridized carbons (Fsp3) is 0.444. The zero-order chi connectivity index (χ0) is 52.7. The first kappa shape index (κ1) is 56.2. The van der Waals surface area contributed by atoms with Gasteiger partial charge in [-0.15, -0.1) is 0 Å². The maximum Gasteiger partial charge on any atom is 0.187 e. The Bertz CT molecular complexity index is 2540. The Hall–Kier alpha value is -4.98. The first-order valence-electron chi connectivity index (χ1n) is 24.5. The van der Waals surface area contributed by atoms with Crippen LogP contribution in [0.1, 0.15) is 33.4 Å². The largest absolute Gasteiger partial charge is 0.394 e. The zero-order valence-corrected chi connectivity index (χ0v) is 41.4. The maximum absolute atomic E-state index is 12.6. The van der Waals surface area contributed by atoms with Gasteiger partial charge >= 0.3 is 0 Å². The molecule has 0 bridgehead atoms. The molecule has 0 aromatic heterocycles. The Morgan fingerprint density at radius 1 is 0.467 bits per heavy atom. The summed E-state index contributed by atoms with van der Waals surface area (Å²) in [5.41, 5.74) is 13.6. The van der Waals surface area contributed by atoms with Crippen molar-refractivity contribution < 1.29 is 83.1 Å². The predicted octanol–water partition coefficient (Wildman–Crippen LogP) is 4.64. The van der Waals surface area contributed by atoms with E-state index in [-0.39, 0.29) is 57.0 Å². The average molecular weight is 1060 g/mol. The summed E-state index contributed by atoms with van der Waals surface area (Å²) in [4.78, 5) is 2.82.